The summed E-state index contributed by atoms with van der Waals surface area (Å²) < 4.78 is 24.4. The van der Waals surface area contributed by atoms with E-state index in [4.69, 9.17) is 22.3 Å². The summed E-state index contributed by atoms with van der Waals surface area (Å²) in [6.45, 7) is 3.59. The first-order valence-corrected chi connectivity index (χ1v) is 8.02. The number of rotatable bonds is 3. The largest absolute Gasteiger partial charge is 0.266 e. The molecule has 2 aromatic rings. The Morgan fingerprint density at radius 3 is 2.47 bits per heavy atom. The maximum atomic E-state index is 11.6. The predicted molar refractivity (Wildman–Crippen MR) is 71.3 cm³/mol. The SMILES string of the molecule is CC(C)c1nn(-c2cccnn2)c(Cl)c1S(=O)(=O)Cl. The molecule has 0 bridgehead atoms. The molecule has 0 atom stereocenters. The molecule has 0 fully saturated rings. The molecule has 0 unspecified atom stereocenters. The van der Waals surface area contributed by atoms with Gasteiger partial charge in [0, 0.05) is 16.9 Å². The highest BCUT2D eigenvalue weighted by molar-refractivity contribution is 8.13. The molecule has 102 valence electrons. The fourth-order valence-electron chi connectivity index (χ4n) is 1.56. The second-order valence-electron chi connectivity index (χ2n) is 4.09. The monoisotopic (exact) mass is 320 g/mol. The molecule has 0 spiro atoms. The van der Waals surface area contributed by atoms with Gasteiger partial charge in [-0.15, -0.1) is 5.10 Å². The zero-order valence-electron chi connectivity index (χ0n) is 10.1. The lowest BCUT2D eigenvalue weighted by Gasteiger charge is -2.01. The molecule has 0 saturated carbocycles. The van der Waals surface area contributed by atoms with Gasteiger partial charge in [-0.25, -0.2) is 13.1 Å². The van der Waals surface area contributed by atoms with Crippen LogP contribution >= 0.6 is 22.3 Å². The molecular formula is C10H10Cl2N4O2S. The second-order valence-corrected chi connectivity index (χ2v) is 6.95. The van der Waals surface area contributed by atoms with Crippen molar-refractivity contribution in [2.45, 2.75) is 24.7 Å². The van der Waals surface area contributed by atoms with E-state index in [0.29, 0.717) is 11.5 Å². The summed E-state index contributed by atoms with van der Waals surface area (Å²) >= 11 is 6.06. The van der Waals surface area contributed by atoms with Crippen molar-refractivity contribution in [3.8, 4) is 5.82 Å². The topological polar surface area (TPSA) is 77.7 Å². The summed E-state index contributed by atoms with van der Waals surface area (Å²) in [5.74, 6) is 0.167. The zero-order valence-corrected chi connectivity index (χ0v) is 12.4. The van der Waals surface area contributed by atoms with Crippen molar-refractivity contribution < 1.29 is 8.42 Å². The fraction of sp³-hybridized carbons (Fsp3) is 0.300. The van der Waals surface area contributed by atoms with Gasteiger partial charge in [-0.05, 0) is 18.1 Å². The van der Waals surface area contributed by atoms with Crippen molar-refractivity contribution in [1.29, 1.82) is 0 Å². The lowest BCUT2D eigenvalue weighted by Crippen LogP contribution is -2.01. The molecule has 0 N–H and O–H groups in total. The third kappa shape index (κ3) is 2.72. The second kappa shape index (κ2) is 5.07. The Morgan fingerprint density at radius 1 is 1.37 bits per heavy atom. The van der Waals surface area contributed by atoms with Crippen LogP contribution in [-0.4, -0.2) is 28.4 Å². The van der Waals surface area contributed by atoms with Gasteiger partial charge in [-0.2, -0.15) is 10.2 Å². The van der Waals surface area contributed by atoms with Crippen LogP contribution in [0, 0.1) is 0 Å². The minimum Gasteiger partial charge on any atom is -0.207 e. The van der Waals surface area contributed by atoms with E-state index in [2.05, 4.69) is 15.3 Å². The minimum atomic E-state index is -3.99. The third-order valence-corrected chi connectivity index (χ3v) is 4.19. The van der Waals surface area contributed by atoms with E-state index in [1.165, 1.54) is 10.9 Å². The number of hydrogen-bond acceptors (Lipinski definition) is 5. The molecular weight excluding hydrogens is 311 g/mol. The third-order valence-electron chi connectivity index (χ3n) is 2.38. The van der Waals surface area contributed by atoms with E-state index in [-0.39, 0.29) is 16.0 Å². The molecule has 2 aromatic heterocycles. The Labute approximate surface area is 119 Å². The standard InChI is InChI=1S/C10H10Cl2N4O2S/c1-6(2)8-9(19(12,17)18)10(11)16(15-8)7-4-3-5-13-14-7/h3-6H,1-2H3. The molecule has 2 rings (SSSR count). The zero-order chi connectivity index (χ0) is 14.2. The van der Waals surface area contributed by atoms with Gasteiger partial charge in [0.25, 0.3) is 9.05 Å². The van der Waals surface area contributed by atoms with E-state index in [0.717, 1.165) is 0 Å². The molecule has 19 heavy (non-hydrogen) atoms. The molecule has 0 aliphatic carbocycles. The van der Waals surface area contributed by atoms with Crippen molar-refractivity contribution in [3.63, 3.8) is 0 Å². The molecule has 0 saturated heterocycles. The highest BCUT2D eigenvalue weighted by atomic mass is 35.7. The Kier molecular flexibility index (Phi) is 3.80. The molecule has 6 nitrogen and oxygen atoms in total. The number of hydrogen-bond donors (Lipinski definition) is 0. The Morgan fingerprint density at radius 2 is 2.05 bits per heavy atom. The summed E-state index contributed by atoms with van der Waals surface area (Å²) in [6, 6.07) is 3.25. The first-order chi connectivity index (χ1) is 8.82. The summed E-state index contributed by atoms with van der Waals surface area (Å²) in [5.41, 5.74) is 0.297. The van der Waals surface area contributed by atoms with Crippen molar-refractivity contribution in [1.82, 2.24) is 20.0 Å². The van der Waals surface area contributed by atoms with E-state index in [1.807, 2.05) is 0 Å². The Balaban J connectivity index is 2.74. The van der Waals surface area contributed by atoms with E-state index < -0.39 is 9.05 Å². The van der Waals surface area contributed by atoms with E-state index in [1.54, 1.807) is 26.0 Å². The first kappa shape index (κ1) is 14.2. The normalized spacial score (nSPS) is 12.1. The average Bonchev–Trinajstić information content (AvgIpc) is 2.68. The maximum Gasteiger partial charge on any atom is 0.266 e. The number of nitrogens with zero attached hydrogens (tertiary/aromatic N) is 4. The van der Waals surface area contributed by atoms with Gasteiger partial charge in [-0.3, -0.25) is 0 Å². The van der Waals surface area contributed by atoms with Crippen molar-refractivity contribution >= 4 is 31.3 Å². The molecule has 0 amide bonds. The summed E-state index contributed by atoms with van der Waals surface area (Å²) in [5, 5.41) is 11.6. The van der Waals surface area contributed by atoms with Crippen LogP contribution in [0.25, 0.3) is 5.82 Å². The van der Waals surface area contributed by atoms with Gasteiger partial charge in [0.2, 0.25) is 0 Å². The summed E-state index contributed by atoms with van der Waals surface area (Å²) in [6.07, 6.45) is 1.49. The van der Waals surface area contributed by atoms with Gasteiger partial charge in [0.1, 0.15) is 4.90 Å². The van der Waals surface area contributed by atoms with Crippen molar-refractivity contribution in [2.75, 3.05) is 0 Å². The van der Waals surface area contributed by atoms with Gasteiger partial charge in [0.15, 0.2) is 11.0 Å². The number of aromatic nitrogens is 4. The average molecular weight is 321 g/mol. The molecule has 9 heteroatoms. The van der Waals surface area contributed by atoms with Crippen molar-refractivity contribution in [3.05, 3.63) is 29.2 Å². The fourth-order valence-corrected chi connectivity index (χ4v) is 3.47. The Hall–Kier alpha value is -1.18. The highest BCUT2D eigenvalue weighted by Gasteiger charge is 2.28. The molecule has 0 aliphatic rings. The van der Waals surface area contributed by atoms with Crippen molar-refractivity contribution in [2.24, 2.45) is 0 Å². The van der Waals surface area contributed by atoms with Crippen LogP contribution in [0.15, 0.2) is 23.2 Å². The van der Waals surface area contributed by atoms with Crippen LogP contribution in [0.4, 0.5) is 0 Å². The predicted octanol–water partition coefficient (Wildman–Crippen LogP) is 2.37. The van der Waals surface area contributed by atoms with E-state index >= 15 is 0 Å². The van der Waals surface area contributed by atoms with Gasteiger partial charge in [-0.1, -0.05) is 25.4 Å². The highest BCUT2D eigenvalue weighted by Crippen LogP contribution is 2.33. The van der Waals surface area contributed by atoms with Crippen LogP contribution in [0.1, 0.15) is 25.5 Å². The smallest absolute Gasteiger partial charge is 0.207 e. The Bertz CT molecular complexity index is 698. The molecule has 0 radical (unpaired) electrons. The lowest BCUT2D eigenvalue weighted by atomic mass is 10.1. The first-order valence-electron chi connectivity index (χ1n) is 5.33. The van der Waals surface area contributed by atoms with Crippen LogP contribution in [0.2, 0.25) is 5.15 Å². The van der Waals surface area contributed by atoms with Crippen LogP contribution in [0.5, 0.6) is 0 Å². The summed E-state index contributed by atoms with van der Waals surface area (Å²) in [7, 11) is 1.42. The maximum absolute atomic E-state index is 11.6. The molecule has 0 aromatic carbocycles. The molecule has 0 aliphatic heterocycles. The summed E-state index contributed by atoms with van der Waals surface area (Å²) in [4.78, 5) is -0.184. The number of halogens is 2. The molecule has 2 heterocycles. The van der Waals surface area contributed by atoms with E-state index in [9.17, 15) is 8.42 Å². The van der Waals surface area contributed by atoms with Gasteiger partial charge in [0.05, 0.1) is 5.69 Å². The van der Waals surface area contributed by atoms with Crippen LogP contribution in [0.3, 0.4) is 0 Å². The van der Waals surface area contributed by atoms with Gasteiger partial charge >= 0.3 is 0 Å². The lowest BCUT2D eigenvalue weighted by molar-refractivity contribution is 0.607. The van der Waals surface area contributed by atoms with Crippen LogP contribution < -0.4 is 0 Å². The van der Waals surface area contributed by atoms with Gasteiger partial charge < -0.3 is 0 Å². The quantitative estimate of drug-likeness (QED) is 0.811. The minimum absolute atomic E-state index is 0.0980. The van der Waals surface area contributed by atoms with Crippen LogP contribution in [-0.2, 0) is 9.05 Å².